The number of pyridine rings is 1. The van der Waals surface area contributed by atoms with Crippen molar-refractivity contribution < 1.29 is 9.90 Å². The molecule has 0 aromatic carbocycles. The summed E-state index contributed by atoms with van der Waals surface area (Å²) in [7, 11) is 0. The lowest BCUT2D eigenvalue weighted by molar-refractivity contribution is -0.136. The van der Waals surface area contributed by atoms with E-state index in [1.807, 2.05) is 22.7 Å². The molecule has 0 bridgehead atoms. The smallest absolute Gasteiger partial charge is 0.303 e. The SMILES string of the molecule is O=C(O)CCc1cnc2c(Br)cccn12. The van der Waals surface area contributed by atoms with Crippen molar-refractivity contribution in [2.75, 3.05) is 0 Å². The minimum atomic E-state index is -0.792. The molecular weight excluding hydrogens is 260 g/mol. The first kappa shape index (κ1) is 10.2. The molecule has 78 valence electrons. The Labute approximate surface area is 94.7 Å². The average molecular weight is 269 g/mol. The van der Waals surface area contributed by atoms with Crippen LogP contribution in [0, 0.1) is 0 Å². The van der Waals surface area contributed by atoms with Gasteiger partial charge in [-0.05, 0) is 28.1 Å². The number of imidazole rings is 1. The van der Waals surface area contributed by atoms with E-state index in [0.717, 1.165) is 15.8 Å². The van der Waals surface area contributed by atoms with E-state index in [1.54, 1.807) is 6.20 Å². The second-order valence-corrected chi connectivity index (χ2v) is 4.05. The molecule has 0 fully saturated rings. The van der Waals surface area contributed by atoms with Crippen LogP contribution in [0.15, 0.2) is 29.0 Å². The predicted octanol–water partition coefficient (Wildman–Crippen LogP) is 2.11. The summed E-state index contributed by atoms with van der Waals surface area (Å²) in [6, 6.07) is 3.80. The van der Waals surface area contributed by atoms with Crippen LogP contribution in [0.4, 0.5) is 0 Å². The van der Waals surface area contributed by atoms with Gasteiger partial charge in [-0.1, -0.05) is 0 Å². The monoisotopic (exact) mass is 268 g/mol. The van der Waals surface area contributed by atoms with Gasteiger partial charge in [-0.2, -0.15) is 0 Å². The highest BCUT2D eigenvalue weighted by Crippen LogP contribution is 2.18. The Balaban J connectivity index is 2.37. The minimum absolute atomic E-state index is 0.125. The van der Waals surface area contributed by atoms with E-state index in [0.29, 0.717) is 6.42 Å². The Bertz CT molecular complexity index is 507. The summed E-state index contributed by atoms with van der Waals surface area (Å²) < 4.78 is 2.80. The van der Waals surface area contributed by atoms with Gasteiger partial charge in [-0.3, -0.25) is 4.79 Å². The Morgan fingerprint density at radius 1 is 1.60 bits per heavy atom. The summed E-state index contributed by atoms with van der Waals surface area (Å²) in [5.41, 5.74) is 1.73. The van der Waals surface area contributed by atoms with Gasteiger partial charge in [0.25, 0.3) is 0 Å². The summed E-state index contributed by atoms with van der Waals surface area (Å²) in [4.78, 5) is 14.7. The lowest BCUT2D eigenvalue weighted by Gasteiger charge is -2.00. The van der Waals surface area contributed by atoms with E-state index in [-0.39, 0.29) is 6.42 Å². The number of hydrogen-bond donors (Lipinski definition) is 1. The quantitative estimate of drug-likeness (QED) is 0.928. The molecule has 0 aliphatic rings. The van der Waals surface area contributed by atoms with Gasteiger partial charge in [0.15, 0.2) is 5.65 Å². The second-order valence-electron chi connectivity index (χ2n) is 3.19. The van der Waals surface area contributed by atoms with Crippen molar-refractivity contribution >= 4 is 27.5 Å². The number of carboxylic acids is 1. The lowest BCUT2D eigenvalue weighted by Crippen LogP contribution is -2.00. The van der Waals surface area contributed by atoms with Crippen molar-refractivity contribution in [2.24, 2.45) is 0 Å². The van der Waals surface area contributed by atoms with Crippen LogP contribution in [0.25, 0.3) is 5.65 Å². The van der Waals surface area contributed by atoms with E-state index < -0.39 is 5.97 Å². The van der Waals surface area contributed by atoms with Gasteiger partial charge in [-0.25, -0.2) is 4.98 Å². The van der Waals surface area contributed by atoms with Crippen molar-refractivity contribution in [3.05, 3.63) is 34.7 Å². The molecule has 0 saturated carbocycles. The van der Waals surface area contributed by atoms with Gasteiger partial charge in [-0.15, -0.1) is 0 Å². The van der Waals surface area contributed by atoms with Crippen molar-refractivity contribution in [1.29, 1.82) is 0 Å². The Kier molecular flexibility index (Phi) is 2.73. The standard InChI is InChI=1S/C10H9BrN2O2/c11-8-2-1-5-13-7(3-4-9(14)15)6-12-10(8)13/h1-2,5-6H,3-4H2,(H,14,15). The van der Waals surface area contributed by atoms with E-state index in [4.69, 9.17) is 5.11 Å². The third-order valence-electron chi connectivity index (χ3n) is 2.16. The summed E-state index contributed by atoms with van der Waals surface area (Å²) >= 11 is 3.39. The molecule has 0 spiro atoms. The molecule has 0 saturated heterocycles. The molecule has 0 aliphatic carbocycles. The largest absolute Gasteiger partial charge is 0.481 e. The molecule has 4 nitrogen and oxygen atoms in total. The number of hydrogen-bond acceptors (Lipinski definition) is 2. The third-order valence-corrected chi connectivity index (χ3v) is 2.78. The van der Waals surface area contributed by atoms with Crippen LogP contribution < -0.4 is 0 Å². The van der Waals surface area contributed by atoms with Crippen molar-refractivity contribution in [2.45, 2.75) is 12.8 Å². The van der Waals surface area contributed by atoms with E-state index in [1.165, 1.54) is 0 Å². The fraction of sp³-hybridized carbons (Fsp3) is 0.200. The summed E-state index contributed by atoms with van der Waals surface area (Å²) in [6.07, 6.45) is 4.21. The molecule has 2 aromatic rings. The zero-order valence-corrected chi connectivity index (χ0v) is 9.44. The topological polar surface area (TPSA) is 54.6 Å². The average Bonchev–Trinajstić information content (AvgIpc) is 2.59. The zero-order valence-electron chi connectivity index (χ0n) is 7.85. The summed E-state index contributed by atoms with van der Waals surface area (Å²) in [6.45, 7) is 0. The molecule has 0 unspecified atom stereocenters. The van der Waals surface area contributed by atoms with Crippen LogP contribution in [-0.2, 0) is 11.2 Å². The van der Waals surface area contributed by atoms with Crippen LogP contribution in [0.3, 0.4) is 0 Å². The Morgan fingerprint density at radius 2 is 2.40 bits per heavy atom. The van der Waals surface area contributed by atoms with Gasteiger partial charge < -0.3 is 9.51 Å². The Morgan fingerprint density at radius 3 is 3.13 bits per heavy atom. The molecule has 15 heavy (non-hydrogen) atoms. The third kappa shape index (κ3) is 2.02. The predicted molar refractivity (Wildman–Crippen MR) is 58.8 cm³/mol. The number of aliphatic carboxylic acids is 1. The number of halogens is 1. The second kappa shape index (κ2) is 4.02. The normalized spacial score (nSPS) is 10.7. The van der Waals surface area contributed by atoms with Crippen LogP contribution in [0.1, 0.15) is 12.1 Å². The number of carbonyl (C=O) groups is 1. The first-order valence-corrected chi connectivity index (χ1v) is 5.30. The molecule has 5 heteroatoms. The highest BCUT2D eigenvalue weighted by molar-refractivity contribution is 9.10. The highest BCUT2D eigenvalue weighted by atomic mass is 79.9. The van der Waals surface area contributed by atoms with E-state index in [2.05, 4.69) is 20.9 Å². The Hall–Kier alpha value is -1.36. The van der Waals surface area contributed by atoms with Crippen molar-refractivity contribution in [3.63, 3.8) is 0 Å². The maximum atomic E-state index is 10.5. The van der Waals surface area contributed by atoms with E-state index >= 15 is 0 Å². The number of aromatic nitrogens is 2. The molecule has 2 rings (SSSR count). The van der Waals surface area contributed by atoms with Gasteiger partial charge in [0.05, 0.1) is 10.9 Å². The fourth-order valence-electron chi connectivity index (χ4n) is 1.45. The molecule has 0 radical (unpaired) electrons. The van der Waals surface area contributed by atoms with Gasteiger partial charge in [0.2, 0.25) is 0 Å². The number of rotatable bonds is 3. The van der Waals surface area contributed by atoms with Gasteiger partial charge >= 0.3 is 5.97 Å². The first-order valence-electron chi connectivity index (χ1n) is 4.51. The first-order chi connectivity index (χ1) is 7.18. The zero-order chi connectivity index (χ0) is 10.8. The van der Waals surface area contributed by atoms with Crippen molar-refractivity contribution in [3.8, 4) is 0 Å². The fourth-order valence-corrected chi connectivity index (χ4v) is 1.89. The van der Waals surface area contributed by atoms with Crippen LogP contribution in [-0.4, -0.2) is 20.5 Å². The summed E-state index contributed by atoms with van der Waals surface area (Å²) in [5, 5.41) is 8.60. The minimum Gasteiger partial charge on any atom is -0.481 e. The maximum Gasteiger partial charge on any atom is 0.303 e. The summed E-state index contributed by atoms with van der Waals surface area (Å²) in [5.74, 6) is -0.792. The molecule has 2 aromatic heterocycles. The van der Waals surface area contributed by atoms with Crippen LogP contribution in [0.5, 0.6) is 0 Å². The number of fused-ring (bicyclic) bond motifs is 1. The molecule has 1 N–H and O–H groups in total. The molecule has 2 heterocycles. The number of carboxylic acid groups (broad SMARTS) is 1. The molecule has 0 aliphatic heterocycles. The highest BCUT2D eigenvalue weighted by Gasteiger charge is 2.06. The number of aryl methyl sites for hydroxylation is 1. The van der Waals surface area contributed by atoms with Gasteiger partial charge in [0, 0.05) is 24.5 Å². The van der Waals surface area contributed by atoms with E-state index in [9.17, 15) is 4.79 Å². The van der Waals surface area contributed by atoms with Gasteiger partial charge in [0.1, 0.15) is 0 Å². The molecule has 0 atom stereocenters. The van der Waals surface area contributed by atoms with Crippen LogP contribution >= 0.6 is 15.9 Å². The number of nitrogens with zero attached hydrogens (tertiary/aromatic N) is 2. The van der Waals surface area contributed by atoms with Crippen LogP contribution in [0.2, 0.25) is 0 Å². The van der Waals surface area contributed by atoms with Crippen molar-refractivity contribution in [1.82, 2.24) is 9.38 Å². The molecule has 0 amide bonds. The molecular formula is C10H9BrN2O2. The maximum absolute atomic E-state index is 10.5. The lowest BCUT2D eigenvalue weighted by atomic mass is 10.2.